The summed E-state index contributed by atoms with van der Waals surface area (Å²) in [6.07, 6.45) is 5.36. The predicted molar refractivity (Wildman–Crippen MR) is 117 cm³/mol. The van der Waals surface area contributed by atoms with Crippen LogP contribution in [0.25, 0.3) is 0 Å². The molecule has 1 fully saturated rings. The molecule has 2 aromatic rings. The molecule has 2 N–H and O–H groups in total. The number of halogens is 1. The third-order valence-electron chi connectivity index (χ3n) is 5.33. The van der Waals surface area contributed by atoms with Crippen LogP contribution in [0.2, 0.25) is 5.02 Å². The van der Waals surface area contributed by atoms with Gasteiger partial charge in [0.25, 0.3) is 11.6 Å². The number of carbonyl (C=O) groups is 1. The molecule has 29 heavy (non-hydrogen) atoms. The molecule has 1 aliphatic carbocycles. The van der Waals surface area contributed by atoms with Crippen molar-refractivity contribution in [1.82, 2.24) is 0 Å². The molecule has 7 heteroatoms. The molecule has 0 unspecified atom stereocenters. The normalized spacial score (nSPS) is 14.6. The summed E-state index contributed by atoms with van der Waals surface area (Å²) in [6, 6.07) is 10.4. The number of hydrogen-bond donors (Lipinski definition) is 2. The highest BCUT2D eigenvalue weighted by molar-refractivity contribution is 6.34. The molecule has 0 saturated heterocycles. The molecule has 2 aromatic carbocycles. The summed E-state index contributed by atoms with van der Waals surface area (Å²) >= 11 is 6.24. The highest BCUT2D eigenvalue weighted by Gasteiger charge is 2.22. The van der Waals surface area contributed by atoms with Crippen molar-refractivity contribution in [2.75, 3.05) is 10.6 Å². The lowest BCUT2D eigenvalue weighted by Gasteiger charge is -2.24. The van der Waals surface area contributed by atoms with E-state index in [-0.39, 0.29) is 22.7 Å². The zero-order valence-electron chi connectivity index (χ0n) is 16.7. The lowest BCUT2D eigenvalue weighted by molar-refractivity contribution is -0.384. The molecular weight excluding hydrogens is 390 g/mol. The van der Waals surface area contributed by atoms with Crippen molar-refractivity contribution in [2.24, 2.45) is 0 Å². The van der Waals surface area contributed by atoms with E-state index >= 15 is 0 Å². The maximum Gasteiger partial charge on any atom is 0.293 e. The second-order valence-corrected chi connectivity index (χ2v) is 8.22. The van der Waals surface area contributed by atoms with Gasteiger partial charge in [-0.3, -0.25) is 14.9 Å². The monoisotopic (exact) mass is 415 g/mol. The van der Waals surface area contributed by atoms with Crippen LogP contribution < -0.4 is 10.6 Å². The highest BCUT2D eigenvalue weighted by atomic mass is 35.5. The quantitative estimate of drug-likeness (QED) is 0.424. The van der Waals surface area contributed by atoms with Crippen molar-refractivity contribution >= 4 is 34.6 Å². The smallest absolute Gasteiger partial charge is 0.293 e. The van der Waals surface area contributed by atoms with Crippen LogP contribution in [-0.2, 0) is 0 Å². The average Bonchev–Trinajstić information content (AvgIpc) is 2.70. The fourth-order valence-electron chi connectivity index (χ4n) is 3.61. The number of benzene rings is 2. The Morgan fingerprint density at radius 3 is 2.34 bits per heavy atom. The molecule has 0 aliphatic heterocycles. The summed E-state index contributed by atoms with van der Waals surface area (Å²) in [6.45, 7) is 4.18. The Hall–Kier alpha value is -2.60. The first-order chi connectivity index (χ1) is 13.8. The average molecular weight is 416 g/mol. The Bertz CT molecular complexity index is 891. The van der Waals surface area contributed by atoms with Crippen molar-refractivity contribution < 1.29 is 9.72 Å². The molecule has 1 aliphatic rings. The zero-order valence-corrected chi connectivity index (χ0v) is 17.5. The van der Waals surface area contributed by atoms with E-state index in [2.05, 4.69) is 24.5 Å². The first-order valence-electron chi connectivity index (χ1n) is 10.0. The van der Waals surface area contributed by atoms with Gasteiger partial charge < -0.3 is 10.6 Å². The van der Waals surface area contributed by atoms with E-state index in [0.717, 1.165) is 31.2 Å². The lowest BCUT2D eigenvalue weighted by atomic mass is 9.95. The van der Waals surface area contributed by atoms with Gasteiger partial charge in [0.15, 0.2) is 0 Å². The Labute approximate surface area is 175 Å². The predicted octanol–water partition coefficient (Wildman–Crippen LogP) is 6.37. The Balaban J connectivity index is 1.83. The van der Waals surface area contributed by atoms with Gasteiger partial charge in [0.1, 0.15) is 5.69 Å². The molecule has 1 saturated carbocycles. The van der Waals surface area contributed by atoms with E-state index in [0.29, 0.717) is 22.9 Å². The minimum atomic E-state index is -0.451. The number of nitro groups is 1. The fourth-order valence-corrected chi connectivity index (χ4v) is 3.81. The minimum absolute atomic E-state index is 0.0835. The van der Waals surface area contributed by atoms with Gasteiger partial charge in [-0.1, -0.05) is 56.8 Å². The lowest BCUT2D eigenvalue weighted by Crippen LogP contribution is -2.23. The van der Waals surface area contributed by atoms with Crippen molar-refractivity contribution in [3.05, 3.63) is 62.7 Å². The van der Waals surface area contributed by atoms with E-state index in [4.69, 9.17) is 11.6 Å². The molecule has 0 bridgehead atoms. The molecule has 0 aromatic heterocycles. The standard InChI is InChI=1S/C22H26ClN3O3/c1-14(2)15-8-10-16(11-9-15)22(27)25-19-13-20(21(26(28)29)12-18(19)23)24-17-6-4-3-5-7-17/h8-14,17,24H,3-7H2,1-2H3,(H,25,27). The van der Waals surface area contributed by atoms with E-state index < -0.39 is 4.92 Å². The van der Waals surface area contributed by atoms with E-state index in [1.807, 2.05) is 12.1 Å². The SMILES string of the molecule is CC(C)c1ccc(C(=O)Nc2cc(NC3CCCCC3)c([N+](=O)[O-])cc2Cl)cc1. The fraction of sp³-hybridized carbons (Fsp3) is 0.409. The van der Waals surface area contributed by atoms with Crippen LogP contribution in [0.15, 0.2) is 36.4 Å². The molecular formula is C22H26ClN3O3. The van der Waals surface area contributed by atoms with E-state index in [9.17, 15) is 14.9 Å². The molecule has 154 valence electrons. The molecule has 0 radical (unpaired) electrons. The summed E-state index contributed by atoms with van der Waals surface area (Å²) < 4.78 is 0. The molecule has 0 spiro atoms. The second kappa shape index (κ2) is 9.27. The Kier molecular flexibility index (Phi) is 6.75. The Morgan fingerprint density at radius 2 is 1.76 bits per heavy atom. The third kappa shape index (κ3) is 5.26. The first-order valence-corrected chi connectivity index (χ1v) is 10.4. The summed E-state index contributed by atoms with van der Waals surface area (Å²) in [5.74, 6) is 0.0734. The van der Waals surface area contributed by atoms with Crippen LogP contribution in [0.3, 0.4) is 0 Å². The van der Waals surface area contributed by atoms with Gasteiger partial charge in [0, 0.05) is 17.7 Å². The van der Waals surface area contributed by atoms with Crippen LogP contribution in [-0.4, -0.2) is 16.9 Å². The number of rotatable bonds is 6. The van der Waals surface area contributed by atoms with Crippen molar-refractivity contribution in [1.29, 1.82) is 0 Å². The number of amides is 1. The highest BCUT2D eigenvalue weighted by Crippen LogP contribution is 2.36. The van der Waals surface area contributed by atoms with Gasteiger partial charge in [-0.25, -0.2) is 0 Å². The minimum Gasteiger partial charge on any atom is -0.377 e. The van der Waals surface area contributed by atoms with Gasteiger partial charge in [0.2, 0.25) is 0 Å². The number of anilines is 2. The summed E-state index contributed by atoms with van der Waals surface area (Å²) in [4.78, 5) is 23.7. The summed E-state index contributed by atoms with van der Waals surface area (Å²) in [5, 5.41) is 17.7. The van der Waals surface area contributed by atoms with Gasteiger partial charge in [-0.2, -0.15) is 0 Å². The van der Waals surface area contributed by atoms with Gasteiger partial charge in [-0.05, 0) is 42.5 Å². The van der Waals surface area contributed by atoms with Crippen LogP contribution in [0.4, 0.5) is 17.1 Å². The van der Waals surface area contributed by atoms with Gasteiger partial charge in [0.05, 0.1) is 15.6 Å². The number of hydrogen-bond acceptors (Lipinski definition) is 4. The summed E-state index contributed by atoms with van der Waals surface area (Å²) in [7, 11) is 0. The number of nitrogens with one attached hydrogen (secondary N) is 2. The number of nitrogens with zero attached hydrogens (tertiary/aromatic N) is 1. The maximum absolute atomic E-state index is 12.6. The third-order valence-corrected chi connectivity index (χ3v) is 5.65. The first kappa shape index (κ1) is 21.1. The largest absolute Gasteiger partial charge is 0.377 e. The van der Waals surface area contributed by atoms with Crippen LogP contribution in [0.1, 0.15) is 67.8 Å². The van der Waals surface area contributed by atoms with Crippen molar-refractivity contribution in [3.63, 3.8) is 0 Å². The van der Waals surface area contributed by atoms with Crippen LogP contribution >= 0.6 is 11.6 Å². The second-order valence-electron chi connectivity index (χ2n) is 7.82. The Morgan fingerprint density at radius 1 is 1.10 bits per heavy atom. The van der Waals surface area contributed by atoms with E-state index in [1.54, 1.807) is 18.2 Å². The zero-order chi connectivity index (χ0) is 21.0. The van der Waals surface area contributed by atoms with Gasteiger partial charge in [-0.15, -0.1) is 0 Å². The topological polar surface area (TPSA) is 84.3 Å². The molecule has 0 heterocycles. The number of carbonyl (C=O) groups excluding carboxylic acids is 1. The number of nitro benzene ring substituents is 1. The van der Waals surface area contributed by atoms with Crippen LogP contribution in [0.5, 0.6) is 0 Å². The summed E-state index contributed by atoms with van der Waals surface area (Å²) in [5.41, 5.74) is 2.31. The van der Waals surface area contributed by atoms with Crippen molar-refractivity contribution in [2.45, 2.75) is 57.9 Å². The van der Waals surface area contributed by atoms with E-state index in [1.165, 1.54) is 12.5 Å². The molecule has 1 amide bonds. The molecule has 0 atom stereocenters. The van der Waals surface area contributed by atoms with Crippen LogP contribution in [0, 0.1) is 10.1 Å². The molecule has 6 nitrogen and oxygen atoms in total. The molecule has 3 rings (SSSR count). The maximum atomic E-state index is 12.6. The van der Waals surface area contributed by atoms with Crippen molar-refractivity contribution in [3.8, 4) is 0 Å². The van der Waals surface area contributed by atoms with Gasteiger partial charge >= 0.3 is 0 Å².